The molecule has 1 aliphatic rings. The van der Waals surface area contributed by atoms with Gasteiger partial charge in [-0.1, -0.05) is 30.3 Å². The number of carbonyl (C=O) groups is 3. The van der Waals surface area contributed by atoms with Crippen LogP contribution in [0.1, 0.15) is 57.7 Å². The van der Waals surface area contributed by atoms with E-state index in [-0.39, 0.29) is 23.7 Å². The number of Topliss-reactive ketones (excluding diaryl/α,β-unsaturated/α-hetero) is 1. The van der Waals surface area contributed by atoms with Gasteiger partial charge in [0.25, 0.3) is 5.91 Å². The van der Waals surface area contributed by atoms with Crippen LogP contribution < -0.4 is 10.6 Å². The van der Waals surface area contributed by atoms with Crippen molar-refractivity contribution < 1.29 is 18.8 Å². The number of nitrogens with zero attached hydrogens (tertiary/aromatic N) is 2. The highest BCUT2D eigenvalue weighted by Gasteiger charge is 2.22. The van der Waals surface area contributed by atoms with Gasteiger partial charge in [-0.05, 0) is 55.5 Å². The van der Waals surface area contributed by atoms with Crippen LogP contribution in [0, 0.1) is 5.82 Å². The van der Waals surface area contributed by atoms with E-state index in [9.17, 15) is 18.8 Å². The first-order chi connectivity index (χ1) is 16.5. The van der Waals surface area contributed by atoms with Gasteiger partial charge < -0.3 is 5.32 Å². The van der Waals surface area contributed by atoms with Gasteiger partial charge in [-0.25, -0.2) is 14.4 Å². The molecule has 0 spiro atoms. The third-order valence-corrected chi connectivity index (χ3v) is 5.75. The largest absolute Gasteiger partial charge is 0.353 e. The summed E-state index contributed by atoms with van der Waals surface area (Å²) >= 11 is 0. The number of aromatic nitrogens is 2. The van der Waals surface area contributed by atoms with Gasteiger partial charge in [0.2, 0.25) is 11.9 Å². The van der Waals surface area contributed by atoms with Crippen LogP contribution in [0.15, 0.2) is 60.8 Å². The molecule has 4 rings (SSSR count). The number of hydrogen-bond acceptors (Lipinski definition) is 5. The Morgan fingerprint density at radius 1 is 0.971 bits per heavy atom. The Balaban J connectivity index is 1.25. The number of nitrogens with one attached hydrogen (secondary N) is 2. The van der Waals surface area contributed by atoms with Crippen molar-refractivity contribution in [2.45, 2.75) is 44.6 Å². The number of aryl methyl sites for hydroxylation is 1. The lowest BCUT2D eigenvalue weighted by Crippen LogP contribution is -2.39. The van der Waals surface area contributed by atoms with E-state index in [1.54, 1.807) is 18.3 Å². The predicted molar refractivity (Wildman–Crippen MR) is 125 cm³/mol. The van der Waals surface area contributed by atoms with Gasteiger partial charge >= 0.3 is 0 Å². The lowest BCUT2D eigenvalue weighted by atomic mass is 9.92. The summed E-state index contributed by atoms with van der Waals surface area (Å²) in [6.07, 6.45) is 4.79. The van der Waals surface area contributed by atoms with Crippen molar-refractivity contribution >= 4 is 23.5 Å². The quantitative estimate of drug-likeness (QED) is 0.497. The molecular formula is C26H25FN4O3. The molecule has 7 nitrogen and oxygen atoms in total. The number of anilines is 1. The van der Waals surface area contributed by atoms with Crippen molar-refractivity contribution in [3.63, 3.8) is 0 Å². The monoisotopic (exact) mass is 460 g/mol. The molecule has 0 bridgehead atoms. The van der Waals surface area contributed by atoms with Gasteiger partial charge in [0, 0.05) is 41.9 Å². The Hall–Kier alpha value is -3.94. The van der Waals surface area contributed by atoms with Crippen LogP contribution in [0.25, 0.3) is 0 Å². The summed E-state index contributed by atoms with van der Waals surface area (Å²) in [4.78, 5) is 45.5. The van der Waals surface area contributed by atoms with E-state index in [1.807, 2.05) is 18.2 Å². The van der Waals surface area contributed by atoms with Gasteiger partial charge in [-0.2, -0.15) is 0 Å². The molecule has 2 N–H and O–H groups in total. The molecule has 8 heteroatoms. The van der Waals surface area contributed by atoms with Crippen LogP contribution in [0.5, 0.6) is 0 Å². The number of amides is 2. The number of benzene rings is 2. The number of ketones is 1. The van der Waals surface area contributed by atoms with Crippen molar-refractivity contribution in [2.75, 3.05) is 5.32 Å². The molecule has 34 heavy (non-hydrogen) atoms. The third kappa shape index (κ3) is 6.10. The summed E-state index contributed by atoms with van der Waals surface area (Å²) in [7, 11) is 0. The molecule has 0 saturated heterocycles. The average Bonchev–Trinajstić information content (AvgIpc) is 2.85. The second kappa shape index (κ2) is 10.8. The van der Waals surface area contributed by atoms with E-state index in [1.165, 1.54) is 24.3 Å². The first kappa shape index (κ1) is 23.2. The van der Waals surface area contributed by atoms with Crippen LogP contribution >= 0.6 is 0 Å². The van der Waals surface area contributed by atoms with Crippen molar-refractivity contribution in [3.05, 3.63) is 89.0 Å². The predicted octanol–water partition coefficient (Wildman–Crippen LogP) is 3.89. The van der Waals surface area contributed by atoms with Crippen LogP contribution in [-0.4, -0.2) is 33.6 Å². The fraction of sp³-hybridized carbons (Fsp3) is 0.269. The van der Waals surface area contributed by atoms with E-state index in [0.717, 1.165) is 17.7 Å². The molecule has 0 saturated carbocycles. The van der Waals surface area contributed by atoms with E-state index in [4.69, 9.17) is 0 Å². The van der Waals surface area contributed by atoms with Crippen molar-refractivity contribution in [1.29, 1.82) is 0 Å². The lowest BCUT2D eigenvalue weighted by Gasteiger charge is -2.25. The molecule has 1 aliphatic carbocycles. The second-order valence-corrected chi connectivity index (χ2v) is 8.28. The van der Waals surface area contributed by atoms with Gasteiger partial charge in [-0.15, -0.1) is 0 Å². The Labute approximate surface area is 196 Å². The van der Waals surface area contributed by atoms with Crippen molar-refractivity contribution in [3.8, 4) is 0 Å². The molecule has 1 heterocycles. The summed E-state index contributed by atoms with van der Waals surface area (Å²) < 4.78 is 13.0. The fourth-order valence-electron chi connectivity index (χ4n) is 3.94. The Bertz CT molecular complexity index is 1180. The SMILES string of the molecule is O=C(CCCC(=O)c1ccccc1)NC1CCc2nc(NC(=O)c3ccc(F)cc3)ncc2C1. The van der Waals surface area contributed by atoms with Gasteiger partial charge in [0.1, 0.15) is 5.82 Å². The maximum atomic E-state index is 13.0. The number of hydrogen-bond donors (Lipinski definition) is 2. The maximum Gasteiger partial charge on any atom is 0.258 e. The van der Waals surface area contributed by atoms with Gasteiger partial charge in [-0.3, -0.25) is 19.7 Å². The molecular weight excluding hydrogens is 435 g/mol. The van der Waals surface area contributed by atoms with E-state index in [0.29, 0.717) is 43.2 Å². The molecule has 2 aromatic carbocycles. The van der Waals surface area contributed by atoms with Gasteiger partial charge in [0.15, 0.2) is 5.78 Å². The Morgan fingerprint density at radius 2 is 1.74 bits per heavy atom. The minimum atomic E-state index is -0.413. The molecule has 1 aromatic heterocycles. The number of halogens is 1. The Morgan fingerprint density at radius 3 is 2.50 bits per heavy atom. The molecule has 1 unspecified atom stereocenters. The molecule has 0 radical (unpaired) electrons. The standard InChI is InChI=1S/C26H25FN4O3/c27-20-11-9-18(10-12-20)25(34)31-26-28-16-19-15-21(13-14-22(19)30-26)29-24(33)8-4-7-23(32)17-5-2-1-3-6-17/h1-3,5-6,9-12,16,21H,4,7-8,13-15H2,(H,29,33)(H,28,30,31,34). The summed E-state index contributed by atoms with van der Waals surface area (Å²) in [5.41, 5.74) is 2.75. The minimum Gasteiger partial charge on any atom is -0.353 e. The second-order valence-electron chi connectivity index (χ2n) is 8.28. The van der Waals surface area contributed by atoms with Crippen LogP contribution in [-0.2, 0) is 17.6 Å². The lowest BCUT2D eigenvalue weighted by molar-refractivity contribution is -0.121. The summed E-state index contributed by atoms with van der Waals surface area (Å²) in [5.74, 6) is -0.660. The first-order valence-electron chi connectivity index (χ1n) is 11.3. The normalized spacial score (nSPS) is 14.7. The zero-order valence-electron chi connectivity index (χ0n) is 18.6. The summed E-state index contributed by atoms with van der Waals surface area (Å²) in [6, 6.07) is 14.3. The summed E-state index contributed by atoms with van der Waals surface area (Å²) in [6.45, 7) is 0. The Kier molecular flexibility index (Phi) is 7.37. The molecule has 2 amide bonds. The fourth-order valence-corrected chi connectivity index (χ4v) is 3.94. The molecule has 3 aromatic rings. The number of carbonyl (C=O) groups excluding carboxylic acids is 3. The molecule has 0 fully saturated rings. The van der Waals surface area contributed by atoms with Crippen molar-refractivity contribution in [1.82, 2.24) is 15.3 Å². The van der Waals surface area contributed by atoms with E-state index >= 15 is 0 Å². The highest BCUT2D eigenvalue weighted by atomic mass is 19.1. The highest BCUT2D eigenvalue weighted by molar-refractivity contribution is 6.03. The zero-order valence-corrected chi connectivity index (χ0v) is 18.6. The number of fused-ring (bicyclic) bond motifs is 1. The molecule has 1 atom stereocenters. The minimum absolute atomic E-state index is 0.0203. The van der Waals surface area contributed by atoms with E-state index < -0.39 is 11.7 Å². The van der Waals surface area contributed by atoms with Crippen LogP contribution in [0.4, 0.5) is 10.3 Å². The molecule has 174 valence electrons. The van der Waals surface area contributed by atoms with Gasteiger partial charge in [0.05, 0.1) is 0 Å². The smallest absolute Gasteiger partial charge is 0.258 e. The first-order valence-corrected chi connectivity index (χ1v) is 11.3. The van der Waals surface area contributed by atoms with E-state index in [2.05, 4.69) is 20.6 Å². The third-order valence-electron chi connectivity index (χ3n) is 5.75. The van der Waals surface area contributed by atoms with Crippen molar-refractivity contribution in [2.24, 2.45) is 0 Å². The highest BCUT2D eigenvalue weighted by Crippen LogP contribution is 2.21. The van der Waals surface area contributed by atoms with Crippen LogP contribution in [0.3, 0.4) is 0 Å². The summed E-state index contributed by atoms with van der Waals surface area (Å²) in [5, 5.41) is 5.67. The average molecular weight is 461 g/mol. The van der Waals surface area contributed by atoms with Crippen LogP contribution in [0.2, 0.25) is 0 Å². The topological polar surface area (TPSA) is 101 Å². The number of rotatable bonds is 8. The molecule has 0 aliphatic heterocycles. The zero-order chi connectivity index (χ0) is 23.9. The maximum absolute atomic E-state index is 13.0.